The number of fused-ring (bicyclic) bond motifs is 2. The van der Waals surface area contributed by atoms with E-state index in [1.807, 2.05) is 48.5 Å². The lowest BCUT2D eigenvalue weighted by atomic mass is 9.71. The van der Waals surface area contributed by atoms with Gasteiger partial charge in [0.15, 0.2) is 0 Å². The van der Waals surface area contributed by atoms with E-state index in [2.05, 4.69) is 16.4 Å². The van der Waals surface area contributed by atoms with E-state index >= 15 is 0 Å². The van der Waals surface area contributed by atoms with Gasteiger partial charge >= 0.3 is 5.97 Å². The summed E-state index contributed by atoms with van der Waals surface area (Å²) in [5.41, 5.74) is 3.34. The van der Waals surface area contributed by atoms with Crippen molar-refractivity contribution < 1.29 is 9.53 Å². The molecule has 122 valence electrons. The molecule has 4 nitrogen and oxygen atoms in total. The first-order chi connectivity index (χ1) is 11.8. The summed E-state index contributed by atoms with van der Waals surface area (Å²) in [6, 6.07) is 17.8. The first-order valence-electron chi connectivity index (χ1n) is 8.40. The molecule has 4 rings (SSSR count). The molecule has 1 N–H and O–H groups in total. The molecular formula is C20H20N2O2. The molecule has 0 atom stereocenters. The molecule has 2 aliphatic heterocycles. The van der Waals surface area contributed by atoms with Crippen molar-refractivity contribution in [2.45, 2.75) is 24.9 Å². The highest BCUT2D eigenvalue weighted by Gasteiger charge is 2.47. The van der Waals surface area contributed by atoms with E-state index in [1.54, 1.807) is 0 Å². The minimum Gasteiger partial charge on any atom is -0.456 e. The maximum absolute atomic E-state index is 12.8. The second kappa shape index (κ2) is 6.21. The van der Waals surface area contributed by atoms with Gasteiger partial charge in [0.25, 0.3) is 0 Å². The van der Waals surface area contributed by atoms with Crippen LogP contribution in [0.5, 0.6) is 0 Å². The number of carbonyl (C=O) groups excluding carboxylic acids is 1. The second-order valence-corrected chi connectivity index (χ2v) is 6.37. The summed E-state index contributed by atoms with van der Waals surface area (Å²) in [5.74, 6) is -0.294. The SMILES string of the molecule is O=C(OCc1ccccc1)C1=Nc2ccccc2C12CCNCC2. The lowest BCUT2D eigenvalue weighted by Crippen LogP contribution is -2.47. The van der Waals surface area contributed by atoms with Gasteiger partial charge in [0.05, 0.1) is 5.69 Å². The highest BCUT2D eigenvalue weighted by atomic mass is 16.5. The Balaban J connectivity index is 1.60. The Kier molecular flexibility index (Phi) is 3.90. The van der Waals surface area contributed by atoms with Gasteiger partial charge in [-0.25, -0.2) is 9.79 Å². The number of hydrogen-bond donors (Lipinski definition) is 1. The first-order valence-corrected chi connectivity index (χ1v) is 8.40. The Morgan fingerprint density at radius 2 is 1.75 bits per heavy atom. The molecular weight excluding hydrogens is 300 g/mol. The maximum Gasteiger partial charge on any atom is 0.353 e. The van der Waals surface area contributed by atoms with E-state index < -0.39 is 0 Å². The van der Waals surface area contributed by atoms with E-state index in [9.17, 15) is 4.79 Å². The number of hydrogen-bond acceptors (Lipinski definition) is 4. The molecule has 2 aliphatic rings. The fraction of sp³-hybridized carbons (Fsp3) is 0.300. The number of esters is 1. The highest BCUT2D eigenvalue weighted by molar-refractivity contribution is 6.42. The Bertz CT molecular complexity index is 777. The van der Waals surface area contributed by atoms with Gasteiger partial charge in [0, 0.05) is 5.41 Å². The molecule has 0 amide bonds. The van der Waals surface area contributed by atoms with Crippen LogP contribution in [0, 0.1) is 0 Å². The predicted molar refractivity (Wildman–Crippen MR) is 93.6 cm³/mol. The molecule has 1 spiro atoms. The van der Waals surface area contributed by atoms with Gasteiger partial charge in [-0.05, 0) is 43.1 Å². The fourth-order valence-corrected chi connectivity index (χ4v) is 3.72. The van der Waals surface area contributed by atoms with Crippen molar-refractivity contribution in [3.8, 4) is 0 Å². The number of benzene rings is 2. The molecule has 2 aromatic carbocycles. The van der Waals surface area contributed by atoms with E-state index in [4.69, 9.17) is 4.74 Å². The molecule has 0 aromatic heterocycles. The minimum absolute atomic E-state index is 0.281. The van der Waals surface area contributed by atoms with Crippen LogP contribution >= 0.6 is 0 Å². The van der Waals surface area contributed by atoms with Gasteiger partial charge in [-0.15, -0.1) is 0 Å². The molecule has 1 fully saturated rings. The van der Waals surface area contributed by atoms with Crippen molar-refractivity contribution in [1.29, 1.82) is 0 Å². The average molecular weight is 320 g/mol. The fourth-order valence-electron chi connectivity index (χ4n) is 3.72. The third kappa shape index (κ3) is 2.53. The van der Waals surface area contributed by atoms with E-state index in [0.717, 1.165) is 42.7 Å². The summed E-state index contributed by atoms with van der Waals surface area (Å²) in [5, 5.41) is 3.38. The Hall–Kier alpha value is -2.46. The van der Waals surface area contributed by atoms with Gasteiger partial charge in [0.2, 0.25) is 0 Å². The zero-order valence-corrected chi connectivity index (χ0v) is 13.5. The highest BCUT2D eigenvalue weighted by Crippen LogP contribution is 2.45. The molecule has 0 bridgehead atoms. The van der Waals surface area contributed by atoms with Crippen molar-refractivity contribution in [2.75, 3.05) is 13.1 Å². The Morgan fingerprint density at radius 3 is 2.54 bits per heavy atom. The van der Waals surface area contributed by atoms with Crippen LogP contribution in [-0.2, 0) is 21.6 Å². The lowest BCUT2D eigenvalue weighted by Gasteiger charge is -2.35. The monoisotopic (exact) mass is 320 g/mol. The van der Waals surface area contributed by atoms with E-state index in [0.29, 0.717) is 5.71 Å². The quantitative estimate of drug-likeness (QED) is 0.884. The number of rotatable bonds is 3. The molecule has 2 aromatic rings. The number of carbonyl (C=O) groups is 1. The third-order valence-corrected chi connectivity index (χ3v) is 4.97. The van der Waals surface area contributed by atoms with Gasteiger partial charge in [-0.1, -0.05) is 48.5 Å². The van der Waals surface area contributed by atoms with Crippen LogP contribution in [0.15, 0.2) is 59.6 Å². The van der Waals surface area contributed by atoms with Crippen molar-refractivity contribution >= 4 is 17.4 Å². The molecule has 1 saturated heterocycles. The standard InChI is InChI=1S/C20H20N2O2/c23-19(24-14-15-6-2-1-3-7-15)18-20(10-12-21-13-11-20)16-8-4-5-9-17(16)22-18/h1-9,21H,10-14H2. The largest absolute Gasteiger partial charge is 0.456 e. The van der Waals surface area contributed by atoms with Crippen molar-refractivity contribution in [3.05, 3.63) is 65.7 Å². The number of piperidine rings is 1. The predicted octanol–water partition coefficient (Wildman–Crippen LogP) is 3.14. The number of nitrogens with one attached hydrogen (secondary N) is 1. The van der Waals surface area contributed by atoms with Crippen LogP contribution < -0.4 is 5.32 Å². The number of aliphatic imine (C=N–C) groups is 1. The van der Waals surface area contributed by atoms with E-state index in [-0.39, 0.29) is 18.0 Å². The van der Waals surface area contributed by atoms with Gasteiger partial charge in [0.1, 0.15) is 12.3 Å². The molecule has 0 aliphatic carbocycles. The molecule has 0 saturated carbocycles. The third-order valence-electron chi connectivity index (χ3n) is 4.97. The Morgan fingerprint density at radius 1 is 1.04 bits per heavy atom. The van der Waals surface area contributed by atoms with Crippen LogP contribution in [0.25, 0.3) is 0 Å². The smallest absolute Gasteiger partial charge is 0.353 e. The summed E-state index contributed by atoms with van der Waals surface area (Å²) < 4.78 is 5.58. The summed E-state index contributed by atoms with van der Waals surface area (Å²) in [7, 11) is 0. The second-order valence-electron chi connectivity index (χ2n) is 6.37. The molecule has 4 heteroatoms. The van der Waals surface area contributed by atoms with Crippen molar-refractivity contribution in [2.24, 2.45) is 4.99 Å². The minimum atomic E-state index is -0.296. The van der Waals surface area contributed by atoms with Crippen molar-refractivity contribution in [3.63, 3.8) is 0 Å². The van der Waals surface area contributed by atoms with Crippen molar-refractivity contribution in [1.82, 2.24) is 5.32 Å². The van der Waals surface area contributed by atoms with Gasteiger partial charge in [-0.2, -0.15) is 0 Å². The zero-order chi connectivity index (χ0) is 16.4. The normalized spacial score (nSPS) is 18.1. The van der Waals surface area contributed by atoms with Gasteiger partial charge in [-0.3, -0.25) is 0 Å². The number of nitrogens with zero attached hydrogens (tertiary/aromatic N) is 1. The van der Waals surface area contributed by atoms with Crippen LogP contribution in [0.3, 0.4) is 0 Å². The lowest BCUT2D eigenvalue weighted by molar-refractivity contribution is -0.137. The molecule has 0 unspecified atom stereocenters. The van der Waals surface area contributed by atoms with Crippen LogP contribution in [0.2, 0.25) is 0 Å². The van der Waals surface area contributed by atoms with Crippen LogP contribution in [0.1, 0.15) is 24.0 Å². The zero-order valence-electron chi connectivity index (χ0n) is 13.5. The average Bonchev–Trinajstić information content (AvgIpc) is 2.95. The van der Waals surface area contributed by atoms with Crippen LogP contribution in [-0.4, -0.2) is 24.8 Å². The van der Waals surface area contributed by atoms with Gasteiger partial charge < -0.3 is 10.1 Å². The molecule has 0 radical (unpaired) electrons. The topological polar surface area (TPSA) is 50.7 Å². The Labute approximate surface area is 141 Å². The number of ether oxygens (including phenoxy) is 1. The summed E-state index contributed by atoms with van der Waals surface area (Å²) in [6.45, 7) is 2.06. The van der Waals surface area contributed by atoms with E-state index in [1.165, 1.54) is 0 Å². The summed E-state index contributed by atoms with van der Waals surface area (Å²) in [4.78, 5) is 17.4. The maximum atomic E-state index is 12.8. The first kappa shape index (κ1) is 15.1. The summed E-state index contributed by atoms with van der Waals surface area (Å²) in [6.07, 6.45) is 1.76. The summed E-state index contributed by atoms with van der Waals surface area (Å²) >= 11 is 0. The molecule has 24 heavy (non-hydrogen) atoms. The molecule has 2 heterocycles. The van der Waals surface area contributed by atoms with Crippen LogP contribution in [0.4, 0.5) is 5.69 Å². The number of para-hydroxylation sites is 1.